The summed E-state index contributed by atoms with van der Waals surface area (Å²) >= 11 is 7.13. The van der Waals surface area contributed by atoms with Crippen molar-refractivity contribution in [3.05, 3.63) is 39.3 Å². The predicted octanol–water partition coefficient (Wildman–Crippen LogP) is 2.44. The molecule has 2 aromatic rings. The first kappa shape index (κ1) is 20.3. The summed E-state index contributed by atoms with van der Waals surface area (Å²) in [6.07, 6.45) is 1.71. The van der Waals surface area contributed by atoms with Gasteiger partial charge in [-0.2, -0.15) is 0 Å². The molecule has 1 aromatic carbocycles. The minimum absolute atomic E-state index is 0.0234. The molecule has 9 heteroatoms. The molecule has 2 amide bonds. The van der Waals surface area contributed by atoms with Gasteiger partial charge in [-0.15, -0.1) is 10.2 Å². The molecular formula is C17H22ClN5O2S. The van der Waals surface area contributed by atoms with Gasteiger partial charge in [-0.25, -0.2) is 0 Å². The maximum absolute atomic E-state index is 12.2. The lowest BCUT2D eigenvalue weighted by molar-refractivity contribution is -0.121. The van der Waals surface area contributed by atoms with Crippen molar-refractivity contribution in [3.8, 4) is 0 Å². The first-order valence-electron chi connectivity index (χ1n) is 8.25. The Hall–Kier alpha value is -2.03. The van der Waals surface area contributed by atoms with Gasteiger partial charge in [0.25, 0.3) is 5.91 Å². The van der Waals surface area contributed by atoms with E-state index in [2.05, 4.69) is 20.8 Å². The summed E-state index contributed by atoms with van der Waals surface area (Å²) in [4.78, 5) is 25.9. The van der Waals surface area contributed by atoms with Crippen LogP contribution in [-0.2, 0) is 11.2 Å². The van der Waals surface area contributed by atoms with Gasteiger partial charge in [0, 0.05) is 36.6 Å². The number of hydrogen-bond donors (Lipinski definition) is 2. The highest BCUT2D eigenvalue weighted by Gasteiger charge is 2.13. The van der Waals surface area contributed by atoms with Crippen LogP contribution in [0.25, 0.3) is 0 Å². The third-order valence-electron chi connectivity index (χ3n) is 3.42. The minimum Gasteiger partial charge on any atom is -0.355 e. The van der Waals surface area contributed by atoms with Gasteiger partial charge in [0.1, 0.15) is 5.01 Å². The molecule has 0 aliphatic carbocycles. The monoisotopic (exact) mass is 395 g/mol. The Labute approximate surface area is 161 Å². The zero-order valence-corrected chi connectivity index (χ0v) is 16.4. The van der Waals surface area contributed by atoms with Crippen LogP contribution in [0.5, 0.6) is 0 Å². The molecular weight excluding hydrogens is 374 g/mol. The number of anilines is 1. The molecule has 26 heavy (non-hydrogen) atoms. The van der Waals surface area contributed by atoms with Crippen LogP contribution in [0.2, 0.25) is 5.02 Å². The first-order valence-corrected chi connectivity index (χ1v) is 9.44. The fourth-order valence-corrected chi connectivity index (χ4v) is 3.07. The van der Waals surface area contributed by atoms with Gasteiger partial charge in [-0.1, -0.05) is 29.0 Å². The first-order chi connectivity index (χ1) is 12.4. The summed E-state index contributed by atoms with van der Waals surface area (Å²) in [5.74, 6) is -0.298. The van der Waals surface area contributed by atoms with Crippen LogP contribution in [0.4, 0.5) is 5.69 Å². The maximum atomic E-state index is 12.2. The zero-order valence-electron chi connectivity index (χ0n) is 14.8. The number of likely N-dealkylation sites (N-methyl/N-ethyl adjacent to an activating group) is 1. The number of nitrogens with zero attached hydrogens (tertiary/aromatic N) is 3. The van der Waals surface area contributed by atoms with E-state index in [0.717, 1.165) is 11.6 Å². The Morgan fingerprint density at radius 2 is 2.08 bits per heavy atom. The molecule has 0 aliphatic rings. The van der Waals surface area contributed by atoms with Gasteiger partial charge in [0.2, 0.25) is 10.9 Å². The SMILES string of the molecule is CN(C)CCNC(=O)CCCc1nnc(C(=O)Nc2cccc(Cl)c2)s1. The quantitative estimate of drug-likeness (QED) is 0.681. The van der Waals surface area contributed by atoms with Crippen LogP contribution >= 0.6 is 22.9 Å². The average molecular weight is 396 g/mol. The molecule has 140 valence electrons. The summed E-state index contributed by atoms with van der Waals surface area (Å²) in [5.41, 5.74) is 0.605. The molecule has 0 radical (unpaired) electrons. The standard InChI is InChI=1S/C17H22ClN5O2S/c1-23(2)10-9-19-14(24)7-4-8-15-21-22-17(26-15)16(25)20-13-6-3-5-12(18)11-13/h3,5-6,11H,4,7-10H2,1-2H3,(H,19,24)(H,20,25). The van der Waals surface area contributed by atoms with Crippen LogP contribution < -0.4 is 10.6 Å². The molecule has 7 nitrogen and oxygen atoms in total. The molecule has 1 heterocycles. The smallest absolute Gasteiger partial charge is 0.286 e. The molecule has 2 N–H and O–H groups in total. The minimum atomic E-state index is -0.322. The number of aryl methyl sites for hydroxylation is 1. The molecule has 0 aliphatic heterocycles. The summed E-state index contributed by atoms with van der Waals surface area (Å²) in [5, 5.41) is 15.1. The van der Waals surface area contributed by atoms with Gasteiger partial charge in [0.15, 0.2) is 0 Å². The number of hydrogen-bond acceptors (Lipinski definition) is 6. The van der Waals surface area contributed by atoms with E-state index in [0.29, 0.717) is 36.5 Å². The molecule has 0 unspecified atom stereocenters. The van der Waals surface area contributed by atoms with Crippen molar-refractivity contribution in [2.75, 3.05) is 32.5 Å². The number of carbonyl (C=O) groups excluding carboxylic acids is 2. The second kappa shape index (κ2) is 10.2. The van der Waals surface area contributed by atoms with Crippen LogP contribution in [0.3, 0.4) is 0 Å². The van der Waals surface area contributed by atoms with Crippen molar-refractivity contribution in [2.45, 2.75) is 19.3 Å². The van der Waals surface area contributed by atoms with Crippen LogP contribution in [0.1, 0.15) is 27.7 Å². The second-order valence-electron chi connectivity index (χ2n) is 5.97. The number of aromatic nitrogens is 2. The number of carbonyl (C=O) groups is 2. The Morgan fingerprint density at radius 3 is 2.81 bits per heavy atom. The fraction of sp³-hybridized carbons (Fsp3) is 0.412. The average Bonchev–Trinajstić information content (AvgIpc) is 3.03. The molecule has 1 aromatic heterocycles. The molecule has 0 atom stereocenters. The van der Waals surface area contributed by atoms with E-state index in [1.54, 1.807) is 24.3 Å². The summed E-state index contributed by atoms with van der Waals surface area (Å²) in [6.45, 7) is 1.45. The summed E-state index contributed by atoms with van der Waals surface area (Å²) in [7, 11) is 3.92. The lowest BCUT2D eigenvalue weighted by Gasteiger charge is -2.09. The molecule has 0 bridgehead atoms. The highest BCUT2D eigenvalue weighted by Crippen LogP contribution is 2.18. The lowest BCUT2D eigenvalue weighted by Crippen LogP contribution is -2.31. The largest absolute Gasteiger partial charge is 0.355 e. The zero-order chi connectivity index (χ0) is 18.9. The molecule has 0 saturated carbocycles. The van der Waals surface area contributed by atoms with Gasteiger partial charge in [-0.3, -0.25) is 9.59 Å². The molecule has 0 saturated heterocycles. The maximum Gasteiger partial charge on any atom is 0.286 e. The fourth-order valence-electron chi connectivity index (χ4n) is 2.10. The number of rotatable bonds is 9. The van der Waals surface area contributed by atoms with Gasteiger partial charge >= 0.3 is 0 Å². The lowest BCUT2D eigenvalue weighted by atomic mass is 10.2. The Bertz CT molecular complexity index is 750. The van der Waals surface area contributed by atoms with E-state index < -0.39 is 0 Å². The van der Waals surface area contributed by atoms with Gasteiger partial charge < -0.3 is 15.5 Å². The number of halogens is 1. The van der Waals surface area contributed by atoms with Crippen LogP contribution in [-0.4, -0.2) is 54.1 Å². The van der Waals surface area contributed by atoms with Crippen molar-refractivity contribution in [3.63, 3.8) is 0 Å². The van der Waals surface area contributed by atoms with E-state index in [-0.39, 0.29) is 16.8 Å². The van der Waals surface area contributed by atoms with E-state index in [4.69, 9.17) is 11.6 Å². The third kappa shape index (κ3) is 7.07. The Morgan fingerprint density at radius 1 is 1.27 bits per heavy atom. The topological polar surface area (TPSA) is 87.2 Å². The third-order valence-corrected chi connectivity index (χ3v) is 4.64. The van der Waals surface area contributed by atoms with Crippen LogP contribution in [0.15, 0.2) is 24.3 Å². The van der Waals surface area contributed by atoms with Crippen molar-refractivity contribution in [1.82, 2.24) is 20.4 Å². The summed E-state index contributed by atoms with van der Waals surface area (Å²) in [6, 6.07) is 6.90. The van der Waals surface area contributed by atoms with Crippen molar-refractivity contribution in [1.29, 1.82) is 0 Å². The van der Waals surface area contributed by atoms with E-state index >= 15 is 0 Å². The van der Waals surface area contributed by atoms with Crippen molar-refractivity contribution >= 4 is 40.4 Å². The number of benzene rings is 1. The molecule has 0 fully saturated rings. The van der Waals surface area contributed by atoms with E-state index in [9.17, 15) is 9.59 Å². The predicted molar refractivity (Wildman–Crippen MR) is 104 cm³/mol. The molecule has 0 spiro atoms. The Balaban J connectivity index is 1.75. The van der Waals surface area contributed by atoms with Crippen LogP contribution in [0, 0.1) is 0 Å². The van der Waals surface area contributed by atoms with Crippen molar-refractivity contribution < 1.29 is 9.59 Å². The number of nitrogens with one attached hydrogen (secondary N) is 2. The van der Waals surface area contributed by atoms with Gasteiger partial charge in [0.05, 0.1) is 0 Å². The second-order valence-corrected chi connectivity index (χ2v) is 7.47. The highest BCUT2D eigenvalue weighted by atomic mass is 35.5. The summed E-state index contributed by atoms with van der Waals surface area (Å²) < 4.78 is 0. The van der Waals surface area contributed by atoms with E-state index in [1.807, 2.05) is 19.0 Å². The van der Waals surface area contributed by atoms with Gasteiger partial charge in [-0.05, 0) is 38.7 Å². The molecule has 2 rings (SSSR count). The Kier molecular flexibility index (Phi) is 7.96. The highest BCUT2D eigenvalue weighted by molar-refractivity contribution is 7.13. The van der Waals surface area contributed by atoms with Crippen molar-refractivity contribution in [2.24, 2.45) is 0 Å². The van der Waals surface area contributed by atoms with E-state index in [1.165, 1.54) is 11.3 Å². The normalized spacial score (nSPS) is 10.8. The number of amides is 2.